The first-order chi connectivity index (χ1) is 15.3. The number of carboxylic acids is 1. The molecule has 0 unspecified atom stereocenters. The molecule has 2 N–H and O–H groups in total. The van der Waals surface area contributed by atoms with Gasteiger partial charge in [0.2, 0.25) is 5.88 Å². The van der Waals surface area contributed by atoms with Crippen LogP contribution < -0.4 is 15.6 Å². The topological polar surface area (TPSA) is 102 Å². The van der Waals surface area contributed by atoms with Crippen LogP contribution in [0.5, 0.6) is 5.88 Å². The molecule has 0 amide bonds. The van der Waals surface area contributed by atoms with Crippen LogP contribution >= 0.6 is 0 Å². The number of carbonyl (C=O) groups is 1. The van der Waals surface area contributed by atoms with Gasteiger partial charge in [0.05, 0.1) is 30.4 Å². The number of fused-ring (bicyclic) bond motifs is 1. The van der Waals surface area contributed by atoms with Gasteiger partial charge in [0, 0.05) is 30.3 Å². The lowest BCUT2D eigenvalue weighted by molar-refractivity contribution is 0.0234. The average Bonchev–Trinajstić information content (AvgIpc) is 2.78. The second kappa shape index (κ2) is 9.00. The van der Waals surface area contributed by atoms with Crippen molar-refractivity contribution in [3.8, 4) is 5.88 Å². The van der Waals surface area contributed by atoms with E-state index in [1.54, 1.807) is 37.4 Å². The number of ether oxygens (including phenoxy) is 2. The number of nitrogens with zero attached hydrogens (tertiary/aromatic N) is 2. The van der Waals surface area contributed by atoms with Gasteiger partial charge in [-0.2, -0.15) is 4.98 Å². The van der Waals surface area contributed by atoms with Gasteiger partial charge in [0.25, 0.3) is 5.56 Å². The van der Waals surface area contributed by atoms with Crippen LogP contribution in [-0.2, 0) is 4.74 Å². The minimum Gasteiger partial charge on any atom is -0.478 e. The molecule has 3 heterocycles. The van der Waals surface area contributed by atoms with Gasteiger partial charge < -0.3 is 19.9 Å². The number of anilines is 1. The highest BCUT2D eigenvalue weighted by atomic mass is 16.5. The van der Waals surface area contributed by atoms with E-state index in [-0.39, 0.29) is 23.3 Å². The SMILES string of the molecule is Cc1cc([C@H](C)Nc2ccccc2C(=O)O)c2nc(OC3CCOCC3)c(C)c(=O)n2c1. The third-order valence-electron chi connectivity index (χ3n) is 5.71. The predicted octanol–water partition coefficient (Wildman–Crippen LogP) is 3.74. The lowest BCUT2D eigenvalue weighted by atomic mass is 10.1. The minimum atomic E-state index is -1.01. The van der Waals surface area contributed by atoms with Crippen molar-refractivity contribution in [3.63, 3.8) is 0 Å². The average molecular weight is 437 g/mol. The summed E-state index contributed by atoms with van der Waals surface area (Å²) in [5.74, 6) is -0.670. The fourth-order valence-electron chi connectivity index (χ4n) is 3.97. The summed E-state index contributed by atoms with van der Waals surface area (Å²) in [5.41, 5.74) is 3.12. The second-order valence-corrected chi connectivity index (χ2v) is 8.16. The van der Waals surface area contributed by atoms with Gasteiger partial charge >= 0.3 is 5.97 Å². The Balaban J connectivity index is 1.77. The van der Waals surface area contributed by atoms with E-state index in [9.17, 15) is 14.7 Å². The molecular weight excluding hydrogens is 410 g/mol. The highest BCUT2D eigenvalue weighted by Gasteiger charge is 2.22. The number of rotatable bonds is 6. The molecule has 168 valence electrons. The Morgan fingerprint density at radius 2 is 2.00 bits per heavy atom. The van der Waals surface area contributed by atoms with Crippen molar-refractivity contribution in [2.24, 2.45) is 0 Å². The summed E-state index contributed by atoms with van der Waals surface area (Å²) in [6, 6.07) is 8.39. The fourth-order valence-corrected chi connectivity index (χ4v) is 3.97. The molecule has 8 heteroatoms. The molecule has 1 atom stereocenters. The molecule has 0 saturated carbocycles. The number of aromatic nitrogens is 2. The number of hydrogen-bond donors (Lipinski definition) is 2. The van der Waals surface area contributed by atoms with E-state index in [4.69, 9.17) is 14.5 Å². The van der Waals surface area contributed by atoms with E-state index in [0.29, 0.717) is 36.0 Å². The van der Waals surface area contributed by atoms with Crippen molar-refractivity contribution in [1.29, 1.82) is 0 Å². The van der Waals surface area contributed by atoms with Gasteiger partial charge in [-0.15, -0.1) is 0 Å². The zero-order valence-electron chi connectivity index (χ0n) is 18.4. The molecular formula is C24H27N3O5. The molecule has 1 aromatic carbocycles. The van der Waals surface area contributed by atoms with Gasteiger partial charge in [-0.25, -0.2) is 4.79 Å². The van der Waals surface area contributed by atoms with Crippen LogP contribution in [0, 0.1) is 13.8 Å². The molecule has 2 aromatic heterocycles. The highest BCUT2D eigenvalue weighted by molar-refractivity contribution is 5.94. The monoisotopic (exact) mass is 437 g/mol. The summed E-state index contributed by atoms with van der Waals surface area (Å²) in [6.07, 6.45) is 3.23. The number of nitrogens with one attached hydrogen (secondary N) is 1. The standard InChI is InChI=1S/C24H27N3O5/c1-14-12-19(16(3)25-20-7-5-4-6-18(20)24(29)30)21-26-22(15(2)23(28)27(21)13-14)32-17-8-10-31-11-9-17/h4-7,12-13,16-17,25H,8-11H2,1-3H3,(H,29,30)/t16-/m0/s1. The molecule has 1 aliphatic heterocycles. The number of aromatic carboxylic acids is 1. The van der Waals surface area contributed by atoms with Crippen LogP contribution in [0.4, 0.5) is 5.69 Å². The number of pyridine rings is 1. The highest BCUT2D eigenvalue weighted by Crippen LogP contribution is 2.27. The molecule has 0 radical (unpaired) electrons. The van der Waals surface area contributed by atoms with E-state index in [0.717, 1.165) is 24.0 Å². The van der Waals surface area contributed by atoms with E-state index in [1.807, 2.05) is 19.9 Å². The first kappa shape index (κ1) is 21.8. The van der Waals surface area contributed by atoms with E-state index < -0.39 is 5.97 Å². The quantitative estimate of drug-likeness (QED) is 0.606. The molecule has 0 bridgehead atoms. The van der Waals surface area contributed by atoms with Gasteiger partial charge in [-0.3, -0.25) is 9.20 Å². The Labute approximate surface area is 185 Å². The Kier molecular flexibility index (Phi) is 6.14. The Bertz CT molecular complexity index is 1210. The van der Waals surface area contributed by atoms with Crippen LogP contribution in [0.1, 0.15) is 52.9 Å². The Hall–Kier alpha value is -3.39. The predicted molar refractivity (Wildman–Crippen MR) is 121 cm³/mol. The summed E-state index contributed by atoms with van der Waals surface area (Å²) in [7, 11) is 0. The smallest absolute Gasteiger partial charge is 0.337 e. The maximum Gasteiger partial charge on any atom is 0.337 e. The number of hydrogen-bond acceptors (Lipinski definition) is 6. The molecule has 8 nitrogen and oxygen atoms in total. The summed E-state index contributed by atoms with van der Waals surface area (Å²) >= 11 is 0. The van der Waals surface area contributed by atoms with Gasteiger partial charge in [-0.1, -0.05) is 12.1 Å². The molecule has 0 spiro atoms. The Morgan fingerprint density at radius 3 is 2.72 bits per heavy atom. The third kappa shape index (κ3) is 4.31. The molecule has 32 heavy (non-hydrogen) atoms. The van der Waals surface area contributed by atoms with Gasteiger partial charge in [0.1, 0.15) is 11.8 Å². The molecule has 1 fully saturated rings. The zero-order valence-corrected chi connectivity index (χ0v) is 18.4. The lowest BCUT2D eigenvalue weighted by Gasteiger charge is -2.24. The lowest BCUT2D eigenvalue weighted by Crippen LogP contribution is -2.29. The third-order valence-corrected chi connectivity index (χ3v) is 5.71. The van der Waals surface area contributed by atoms with Crippen molar-refractivity contribution in [2.75, 3.05) is 18.5 Å². The zero-order chi connectivity index (χ0) is 22.8. The van der Waals surface area contributed by atoms with Gasteiger partial charge in [-0.05, 0) is 44.5 Å². The molecule has 1 aliphatic rings. The summed E-state index contributed by atoms with van der Waals surface area (Å²) in [4.78, 5) is 29.5. The molecule has 1 saturated heterocycles. The van der Waals surface area contributed by atoms with Crippen molar-refractivity contribution in [1.82, 2.24) is 9.38 Å². The largest absolute Gasteiger partial charge is 0.478 e. The van der Waals surface area contributed by atoms with Crippen LogP contribution in [-0.4, -0.2) is 39.8 Å². The van der Waals surface area contributed by atoms with Crippen LogP contribution in [0.15, 0.2) is 41.3 Å². The number of carboxylic acid groups (broad SMARTS) is 1. The number of para-hydroxylation sites is 1. The van der Waals surface area contributed by atoms with Crippen LogP contribution in [0.3, 0.4) is 0 Å². The van der Waals surface area contributed by atoms with Crippen molar-refractivity contribution < 1.29 is 19.4 Å². The van der Waals surface area contributed by atoms with Crippen molar-refractivity contribution in [3.05, 3.63) is 69.1 Å². The summed E-state index contributed by atoms with van der Waals surface area (Å²) in [5, 5.41) is 12.8. The summed E-state index contributed by atoms with van der Waals surface area (Å²) in [6.45, 7) is 6.81. The number of benzene rings is 1. The summed E-state index contributed by atoms with van der Waals surface area (Å²) < 4.78 is 13.0. The van der Waals surface area contributed by atoms with E-state index in [2.05, 4.69) is 5.32 Å². The maximum atomic E-state index is 13.1. The van der Waals surface area contributed by atoms with Gasteiger partial charge in [0.15, 0.2) is 0 Å². The Morgan fingerprint density at radius 1 is 1.28 bits per heavy atom. The van der Waals surface area contributed by atoms with Crippen molar-refractivity contribution in [2.45, 2.75) is 45.8 Å². The second-order valence-electron chi connectivity index (χ2n) is 8.16. The fraction of sp³-hybridized carbons (Fsp3) is 0.375. The maximum absolute atomic E-state index is 13.1. The van der Waals surface area contributed by atoms with E-state index >= 15 is 0 Å². The molecule has 3 aromatic rings. The number of aryl methyl sites for hydroxylation is 1. The van der Waals surface area contributed by atoms with E-state index in [1.165, 1.54) is 4.40 Å². The normalized spacial score (nSPS) is 15.5. The van der Waals surface area contributed by atoms with Crippen LogP contribution in [0.25, 0.3) is 5.65 Å². The first-order valence-corrected chi connectivity index (χ1v) is 10.7. The van der Waals surface area contributed by atoms with Crippen molar-refractivity contribution >= 4 is 17.3 Å². The van der Waals surface area contributed by atoms with Crippen LogP contribution in [0.2, 0.25) is 0 Å². The first-order valence-electron chi connectivity index (χ1n) is 10.7. The minimum absolute atomic E-state index is 0.0382. The molecule has 0 aliphatic carbocycles. The molecule has 4 rings (SSSR count).